The Hall–Kier alpha value is -0.890. The normalized spacial score (nSPS) is 34.6. The predicted molar refractivity (Wildman–Crippen MR) is 73.7 cm³/mol. The summed E-state index contributed by atoms with van der Waals surface area (Å²) in [4.78, 5) is 11.7. The standard InChI is InChI=1S/C14H25NO6/c1-13(2,3)21-12(16)15-7-8-9-10(11(17-6)18-8)20-14(4,5)19-9/h8-11H,7H2,1-6H3,(H,15,16)/t8-,9-,10-,11?/m1/s1. The Balaban J connectivity index is 1.90. The van der Waals surface area contributed by atoms with Crippen LogP contribution in [0.25, 0.3) is 0 Å². The number of hydrogen-bond donors (Lipinski definition) is 1. The number of nitrogens with one attached hydrogen (secondary N) is 1. The van der Waals surface area contributed by atoms with Gasteiger partial charge in [-0.3, -0.25) is 0 Å². The van der Waals surface area contributed by atoms with Crippen LogP contribution in [0, 0.1) is 0 Å². The molecule has 2 rings (SSSR count). The molecule has 7 nitrogen and oxygen atoms in total. The third-order valence-corrected chi connectivity index (χ3v) is 3.19. The van der Waals surface area contributed by atoms with Crippen LogP contribution in [0.1, 0.15) is 34.6 Å². The monoisotopic (exact) mass is 303 g/mol. The summed E-state index contributed by atoms with van der Waals surface area (Å²) in [5.74, 6) is -0.680. The van der Waals surface area contributed by atoms with E-state index in [-0.39, 0.29) is 24.9 Å². The fourth-order valence-corrected chi connectivity index (χ4v) is 2.49. The van der Waals surface area contributed by atoms with E-state index in [4.69, 9.17) is 23.7 Å². The molecule has 2 heterocycles. The molecular weight excluding hydrogens is 278 g/mol. The predicted octanol–water partition coefficient (Wildman–Crippen LogP) is 1.40. The number of amides is 1. The second-order valence-electron chi connectivity index (χ2n) is 6.73. The molecule has 4 atom stereocenters. The SMILES string of the molecule is COC1O[C@H](CNC(=O)OC(C)(C)C)[C@H]2OC(C)(C)O[C@@H]12. The van der Waals surface area contributed by atoms with Crippen LogP contribution in [0.4, 0.5) is 4.79 Å². The van der Waals surface area contributed by atoms with Gasteiger partial charge in [0.2, 0.25) is 0 Å². The Kier molecular flexibility index (Phi) is 4.49. The zero-order chi connectivity index (χ0) is 15.8. The Morgan fingerprint density at radius 2 is 1.86 bits per heavy atom. The van der Waals surface area contributed by atoms with Gasteiger partial charge in [0.15, 0.2) is 12.1 Å². The van der Waals surface area contributed by atoms with Gasteiger partial charge in [-0.2, -0.15) is 0 Å². The number of alkyl carbamates (subject to hydrolysis) is 1. The maximum Gasteiger partial charge on any atom is 0.407 e. The van der Waals surface area contributed by atoms with Crippen LogP contribution < -0.4 is 5.32 Å². The van der Waals surface area contributed by atoms with Crippen LogP contribution >= 0.6 is 0 Å². The van der Waals surface area contributed by atoms with E-state index >= 15 is 0 Å². The van der Waals surface area contributed by atoms with Crippen molar-refractivity contribution in [2.75, 3.05) is 13.7 Å². The Morgan fingerprint density at radius 1 is 1.24 bits per heavy atom. The van der Waals surface area contributed by atoms with E-state index < -0.39 is 23.8 Å². The lowest BCUT2D eigenvalue weighted by Crippen LogP contribution is -2.41. The molecule has 2 saturated heterocycles. The molecule has 0 bridgehead atoms. The highest BCUT2D eigenvalue weighted by atomic mass is 16.8. The number of ether oxygens (including phenoxy) is 5. The molecule has 0 aromatic rings. The summed E-state index contributed by atoms with van der Waals surface area (Å²) in [6.45, 7) is 9.40. The lowest BCUT2D eigenvalue weighted by atomic mass is 10.1. The van der Waals surface area contributed by atoms with Crippen molar-refractivity contribution in [3.05, 3.63) is 0 Å². The van der Waals surface area contributed by atoms with Crippen molar-refractivity contribution in [2.45, 2.75) is 70.6 Å². The molecule has 0 radical (unpaired) electrons. The summed E-state index contributed by atoms with van der Waals surface area (Å²) in [5, 5.41) is 2.69. The average Bonchev–Trinajstić information content (AvgIpc) is 2.77. The summed E-state index contributed by atoms with van der Waals surface area (Å²) in [7, 11) is 1.56. The van der Waals surface area contributed by atoms with Gasteiger partial charge in [-0.1, -0.05) is 0 Å². The van der Waals surface area contributed by atoms with E-state index in [0.29, 0.717) is 0 Å². The molecule has 2 aliphatic heterocycles. The molecule has 0 spiro atoms. The Bertz CT molecular complexity index is 391. The number of carbonyl (C=O) groups is 1. The number of hydrogen-bond acceptors (Lipinski definition) is 6. The fraction of sp³-hybridized carbons (Fsp3) is 0.929. The topological polar surface area (TPSA) is 75.3 Å². The molecule has 0 aromatic carbocycles. The first kappa shape index (κ1) is 16.5. The summed E-state index contributed by atoms with van der Waals surface area (Å²) < 4.78 is 27.8. The third kappa shape index (κ3) is 4.06. The highest BCUT2D eigenvalue weighted by molar-refractivity contribution is 5.67. The quantitative estimate of drug-likeness (QED) is 0.849. The number of methoxy groups -OCH3 is 1. The van der Waals surface area contributed by atoms with Crippen molar-refractivity contribution in [1.82, 2.24) is 5.32 Å². The number of carbonyl (C=O) groups excluding carboxylic acids is 1. The van der Waals surface area contributed by atoms with Gasteiger partial charge in [0.05, 0.1) is 0 Å². The molecule has 0 aliphatic carbocycles. The van der Waals surface area contributed by atoms with Gasteiger partial charge in [-0.05, 0) is 34.6 Å². The van der Waals surface area contributed by atoms with Crippen LogP contribution in [0.3, 0.4) is 0 Å². The van der Waals surface area contributed by atoms with E-state index in [0.717, 1.165) is 0 Å². The first-order valence-corrected chi connectivity index (χ1v) is 7.12. The minimum absolute atomic E-state index is 0.273. The van der Waals surface area contributed by atoms with Gasteiger partial charge in [0.25, 0.3) is 0 Å². The minimum atomic E-state index is -0.680. The van der Waals surface area contributed by atoms with Crippen molar-refractivity contribution in [1.29, 1.82) is 0 Å². The molecule has 2 aliphatic rings. The van der Waals surface area contributed by atoms with Gasteiger partial charge < -0.3 is 29.0 Å². The minimum Gasteiger partial charge on any atom is -0.444 e. The molecule has 0 saturated carbocycles. The zero-order valence-electron chi connectivity index (χ0n) is 13.5. The van der Waals surface area contributed by atoms with Crippen molar-refractivity contribution >= 4 is 6.09 Å². The third-order valence-electron chi connectivity index (χ3n) is 3.19. The lowest BCUT2D eigenvalue weighted by molar-refractivity contribution is -0.226. The van der Waals surface area contributed by atoms with Crippen LogP contribution in [0.15, 0.2) is 0 Å². The maximum atomic E-state index is 11.7. The molecule has 21 heavy (non-hydrogen) atoms. The van der Waals surface area contributed by atoms with Crippen LogP contribution in [-0.4, -0.2) is 55.7 Å². The molecule has 1 N–H and O–H groups in total. The van der Waals surface area contributed by atoms with Gasteiger partial charge >= 0.3 is 6.09 Å². The molecule has 0 aromatic heterocycles. The van der Waals surface area contributed by atoms with Crippen LogP contribution in [0.2, 0.25) is 0 Å². The van der Waals surface area contributed by atoms with E-state index in [2.05, 4.69) is 5.32 Å². The maximum absolute atomic E-state index is 11.7. The van der Waals surface area contributed by atoms with E-state index in [1.165, 1.54) is 0 Å². The van der Waals surface area contributed by atoms with Crippen molar-refractivity contribution < 1.29 is 28.5 Å². The Morgan fingerprint density at radius 3 is 2.43 bits per heavy atom. The van der Waals surface area contributed by atoms with Gasteiger partial charge in [0, 0.05) is 13.7 Å². The van der Waals surface area contributed by atoms with Gasteiger partial charge in [-0.25, -0.2) is 4.79 Å². The molecule has 1 amide bonds. The van der Waals surface area contributed by atoms with Gasteiger partial charge in [-0.15, -0.1) is 0 Å². The van der Waals surface area contributed by atoms with E-state index in [1.54, 1.807) is 7.11 Å². The smallest absolute Gasteiger partial charge is 0.407 e. The number of fused-ring (bicyclic) bond motifs is 1. The number of rotatable bonds is 3. The van der Waals surface area contributed by atoms with Crippen molar-refractivity contribution in [3.8, 4) is 0 Å². The highest BCUT2D eigenvalue weighted by Crippen LogP contribution is 2.38. The lowest BCUT2D eigenvalue weighted by Gasteiger charge is -2.24. The van der Waals surface area contributed by atoms with E-state index in [1.807, 2.05) is 34.6 Å². The first-order valence-electron chi connectivity index (χ1n) is 7.12. The Labute approximate surface area is 125 Å². The first-order chi connectivity index (χ1) is 9.61. The van der Waals surface area contributed by atoms with Crippen molar-refractivity contribution in [2.24, 2.45) is 0 Å². The summed E-state index contributed by atoms with van der Waals surface area (Å²) in [5.41, 5.74) is -0.535. The molecule has 1 unspecified atom stereocenters. The summed E-state index contributed by atoms with van der Waals surface area (Å²) >= 11 is 0. The summed E-state index contributed by atoms with van der Waals surface area (Å²) in [6, 6.07) is 0. The molecule has 122 valence electrons. The van der Waals surface area contributed by atoms with Crippen LogP contribution in [0.5, 0.6) is 0 Å². The van der Waals surface area contributed by atoms with Gasteiger partial charge in [0.1, 0.15) is 23.9 Å². The summed E-state index contributed by atoms with van der Waals surface area (Å²) in [6.07, 6.45) is -1.89. The highest BCUT2D eigenvalue weighted by Gasteiger charge is 2.55. The van der Waals surface area contributed by atoms with E-state index in [9.17, 15) is 4.79 Å². The average molecular weight is 303 g/mol. The second-order valence-corrected chi connectivity index (χ2v) is 6.73. The van der Waals surface area contributed by atoms with Crippen molar-refractivity contribution in [3.63, 3.8) is 0 Å². The largest absolute Gasteiger partial charge is 0.444 e. The zero-order valence-corrected chi connectivity index (χ0v) is 13.5. The molecular formula is C14H25NO6. The second kappa shape index (κ2) is 5.72. The van der Waals surface area contributed by atoms with Crippen LogP contribution in [-0.2, 0) is 23.7 Å². The fourth-order valence-electron chi connectivity index (χ4n) is 2.49. The molecule has 7 heteroatoms. The molecule has 2 fully saturated rings.